The summed E-state index contributed by atoms with van der Waals surface area (Å²) in [6.07, 6.45) is 1.80. The maximum absolute atomic E-state index is 11.3. The molecule has 0 aliphatic rings. The molecular weight excluding hydrogens is 438 g/mol. The highest BCUT2D eigenvalue weighted by Crippen LogP contribution is 2.24. The highest BCUT2D eigenvalue weighted by molar-refractivity contribution is 7.81. The number of aliphatic hydroxyl groups excluding tert-OH is 1. The summed E-state index contributed by atoms with van der Waals surface area (Å²) in [7, 11) is 1.58. The Hall–Kier alpha value is -4.30. The monoisotopic (exact) mass is 458 g/mol. The summed E-state index contributed by atoms with van der Waals surface area (Å²) in [5, 5.41) is 26.5. The average molecular weight is 459 g/mol. The van der Waals surface area contributed by atoms with Crippen LogP contribution in [0.1, 0.15) is 5.56 Å². The Morgan fingerprint density at radius 1 is 1.03 bits per heavy atom. The zero-order valence-electron chi connectivity index (χ0n) is 17.6. The van der Waals surface area contributed by atoms with Crippen LogP contribution in [0.25, 0.3) is 22.4 Å². The molecule has 4 aromatic rings. The van der Waals surface area contributed by atoms with E-state index in [0.29, 0.717) is 22.7 Å². The van der Waals surface area contributed by atoms with Crippen LogP contribution in [0.2, 0.25) is 0 Å². The van der Waals surface area contributed by atoms with Crippen molar-refractivity contribution in [3.63, 3.8) is 0 Å². The van der Waals surface area contributed by atoms with E-state index in [4.69, 9.17) is 17.0 Å². The molecule has 1 heterocycles. The molecule has 0 bridgehead atoms. The van der Waals surface area contributed by atoms with Gasteiger partial charge in [-0.3, -0.25) is 10.1 Å². The number of pyridine rings is 1. The van der Waals surface area contributed by atoms with E-state index in [1.165, 1.54) is 24.3 Å². The van der Waals surface area contributed by atoms with Crippen molar-refractivity contribution in [1.82, 2.24) is 0 Å². The molecule has 0 fully saturated rings. The van der Waals surface area contributed by atoms with Gasteiger partial charge in [0.2, 0.25) is 5.52 Å². The molecule has 0 aliphatic heterocycles. The van der Waals surface area contributed by atoms with Gasteiger partial charge in [0.15, 0.2) is 16.9 Å². The number of benzene rings is 3. The molecule has 4 rings (SSSR count). The van der Waals surface area contributed by atoms with Crippen LogP contribution in [-0.4, -0.2) is 22.1 Å². The molecule has 1 aromatic heterocycles. The lowest BCUT2D eigenvalue weighted by atomic mass is 10.1. The Bertz CT molecular complexity index is 1380. The number of anilines is 1. The van der Waals surface area contributed by atoms with E-state index < -0.39 is 4.92 Å². The van der Waals surface area contributed by atoms with Gasteiger partial charge in [-0.05, 0) is 36.4 Å². The van der Waals surface area contributed by atoms with Crippen molar-refractivity contribution < 1.29 is 19.3 Å². The van der Waals surface area contributed by atoms with Crippen molar-refractivity contribution in [3.05, 3.63) is 107 Å². The second-order valence-electron chi connectivity index (χ2n) is 7.12. The van der Waals surface area contributed by atoms with Crippen molar-refractivity contribution in [1.29, 1.82) is 0 Å². The van der Waals surface area contributed by atoms with Gasteiger partial charge in [0.1, 0.15) is 5.75 Å². The quantitative estimate of drug-likeness (QED) is 0.101. The second-order valence-corrected chi connectivity index (χ2v) is 7.53. The molecule has 33 heavy (non-hydrogen) atoms. The number of nitrogens with zero attached hydrogens (tertiary/aromatic N) is 2. The average Bonchev–Trinajstić information content (AvgIpc) is 2.84. The number of fused-ring (bicyclic) bond motifs is 1. The minimum Gasteiger partial charge on any atom is -0.502 e. The Balaban J connectivity index is 1.86. The first-order valence-corrected chi connectivity index (χ1v) is 10.4. The molecule has 0 saturated heterocycles. The third-order valence-electron chi connectivity index (χ3n) is 5.07. The number of methoxy groups -OCH3 is 1. The molecular formula is C25H20N3O4S+. The molecule has 7 nitrogen and oxygen atoms in total. The van der Waals surface area contributed by atoms with Gasteiger partial charge in [0.25, 0.3) is 11.4 Å². The van der Waals surface area contributed by atoms with E-state index >= 15 is 0 Å². The van der Waals surface area contributed by atoms with Crippen molar-refractivity contribution in [3.8, 4) is 5.75 Å². The largest absolute Gasteiger partial charge is 0.502 e. The normalized spacial score (nSPS) is 11.5. The van der Waals surface area contributed by atoms with Crippen LogP contribution in [0.15, 0.2) is 91.1 Å². The lowest BCUT2D eigenvalue weighted by molar-refractivity contribution is -0.546. The highest BCUT2D eigenvalue weighted by atomic mass is 32.1. The molecule has 2 N–H and O–H groups in total. The summed E-state index contributed by atoms with van der Waals surface area (Å²) in [6.45, 7) is 0. The number of nitrogens with one attached hydrogen (secondary N) is 1. The molecule has 0 radical (unpaired) electrons. The fourth-order valence-electron chi connectivity index (χ4n) is 3.46. The Kier molecular flexibility index (Phi) is 6.28. The van der Waals surface area contributed by atoms with E-state index in [1.807, 2.05) is 54.6 Å². The lowest BCUT2D eigenvalue weighted by Gasteiger charge is -2.12. The number of non-ortho nitro benzene ring substituents is 1. The first kappa shape index (κ1) is 21.9. The summed E-state index contributed by atoms with van der Waals surface area (Å²) in [5.74, 6) is 0.539. The first-order chi connectivity index (χ1) is 16.0. The zero-order chi connectivity index (χ0) is 23.4. The van der Waals surface area contributed by atoms with Crippen molar-refractivity contribution in [2.75, 3.05) is 12.4 Å². The zero-order valence-corrected chi connectivity index (χ0v) is 18.5. The molecule has 0 saturated carbocycles. The fourth-order valence-corrected chi connectivity index (χ4v) is 3.77. The number of nitro benzene ring substituents is 1. The summed E-state index contributed by atoms with van der Waals surface area (Å²) < 4.78 is 7.07. The maximum atomic E-state index is 11.3. The minimum absolute atomic E-state index is 0.0667. The van der Waals surface area contributed by atoms with E-state index in [-0.39, 0.29) is 16.4 Å². The van der Waals surface area contributed by atoms with Gasteiger partial charge in [-0.2, -0.15) is 4.57 Å². The summed E-state index contributed by atoms with van der Waals surface area (Å²) in [5.41, 5.74) is 2.18. The number of thiocarbonyl (C=S) groups is 1. The van der Waals surface area contributed by atoms with Crippen LogP contribution in [0.4, 0.5) is 11.4 Å². The van der Waals surface area contributed by atoms with Gasteiger partial charge in [0.05, 0.1) is 12.0 Å². The van der Waals surface area contributed by atoms with Crippen LogP contribution in [0.5, 0.6) is 5.75 Å². The molecule has 8 heteroatoms. The number of hydrogen-bond acceptors (Lipinski definition) is 5. The standard InChI is InChI=1S/C25H19N3O4S/c1-32-21-9-4-8-19(16-21)26-25(33)23(24(29)18-11-13-20(14-12-18)28(30)31)27-15-5-7-17-6-2-3-10-22(17)27/h2-16H,1H3,(H-,26,29,33)/p+1. The van der Waals surface area contributed by atoms with E-state index in [2.05, 4.69) is 5.32 Å². The van der Waals surface area contributed by atoms with Gasteiger partial charge in [-0.1, -0.05) is 30.4 Å². The predicted octanol–water partition coefficient (Wildman–Crippen LogP) is 5.37. The van der Waals surface area contributed by atoms with Crippen LogP contribution < -0.4 is 14.6 Å². The topological polar surface area (TPSA) is 88.5 Å². The molecule has 0 amide bonds. The van der Waals surface area contributed by atoms with Gasteiger partial charge in [-0.15, -0.1) is 0 Å². The van der Waals surface area contributed by atoms with Crippen molar-refractivity contribution in [2.24, 2.45) is 0 Å². The van der Waals surface area contributed by atoms with Crippen molar-refractivity contribution >= 4 is 50.9 Å². The van der Waals surface area contributed by atoms with E-state index in [9.17, 15) is 15.2 Å². The van der Waals surface area contributed by atoms with Gasteiger partial charge in [0, 0.05) is 47.0 Å². The van der Waals surface area contributed by atoms with Crippen LogP contribution in [-0.2, 0) is 0 Å². The summed E-state index contributed by atoms with van der Waals surface area (Å²) in [6, 6.07) is 24.5. The Labute approximate surface area is 195 Å². The maximum Gasteiger partial charge on any atom is 0.288 e. The van der Waals surface area contributed by atoms with Gasteiger partial charge in [-0.25, -0.2) is 0 Å². The minimum atomic E-state index is -0.486. The van der Waals surface area contributed by atoms with Crippen molar-refractivity contribution in [2.45, 2.75) is 0 Å². The molecule has 0 atom stereocenters. The number of aromatic nitrogens is 1. The molecule has 0 unspecified atom stereocenters. The third kappa shape index (κ3) is 4.65. The van der Waals surface area contributed by atoms with Gasteiger partial charge >= 0.3 is 0 Å². The molecule has 0 aliphatic carbocycles. The first-order valence-electron chi connectivity index (χ1n) is 10.0. The fraction of sp³-hybridized carbons (Fsp3) is 0.0400. The van der Waals surface area contributed by atoms with Crippen LogP contribution in [0, 0.1) is 10.1 Å². The molecule has 3 aromatic carbocycles. The predicted molar refractivity (Wildman–Crippen MR) is 132 cm³/mol. The second kappa shape index (κ2) is 9.46. The number of rotatable bonds is 6. The highest BCUT2D eigenvalue weighted by Gasteiger charge is 2.26. The summed E-state index contributed by atoms with van der Waals surface area (Å²) in [4.78, 5) is 10.8. The summed E-state index contributed by atoms with van der Waals surface area (Å²) >= 11 is 5.73. The Morgan fingerprint density at radius 3 is 2.48 bits per heavy atom. The van der Waals surface area contributed by atoms with Gasteiger partial charge < -0.3 is 15.2 Å². The van der Waals surface area contributed by atoms with Crippen LogP contribution >= 0.6 is 12.2 Å². The lowest BCUT2D eigenvalue weighted by Crippen LogP contribution is -2.39. The van der Waals surface area contributed by atoms with Crippen LogP contribution in [0.3, 0.4) is 0 Å². The SMILES string of the molecule is COc1cccc(NC(=S)C(=C(O)c2ccc([N+](=O)[O-])cc2)[n+]2cccc3ccccc32)c1. The number of para-hydroxylation sites is 1. The number of ether oxygens (including phenoxy) is 1. The van der Waals surface area contributed by atoms with E-state index in [1.54, 1.807) is 23.9 Å². The number of hydrogen-bond donors (Lipinski definition) is 2. The van der Waals surface area contributed by atoms with E-state index in [0.717, 1.165) is 10.9 Å². The number of aliphatic hydroxyl groups is 1. The molecule has 0 spiro atoms. The number of nitro groups is 1. The molecule has 164 valence electrons. The Morgan fingerprint density at radius 2 is 1.76 bits per heavy atom. The third-order valence-corrected chi connectivity index (χ3v) is 5.36. The smallest absolute Gasteiger partial charge is 0.288 e.